The number of hydrogen-bond acceptors (Lipinski definition) is 0. The lowest BCUT2D eigenvalue weighted by Gasteiger charge is -2.12. The Bertz CT molecular complexity index is 680. The van der Waals surface area contributed by atoms with E-state index < -0.39 is 30.2 Å². The van der Waals surface area contributed by atoms with Crippen LogP contribution < -0.4 is 0 Å². The maximum Gasteiger partial charge on any atom is 0.0809 e. The molecule has 0 heterocycles. The molecule has 0 nitrogen and oxygen atoms in total. The normalized spacial score (nSPS) is 14.8. The molecule has 2 rings (SSSR count). The molecular weight excluding hydrogens is 321 g/mol. The standard InChI is InChI=1S/C12H5Cl5/c13-8-7(6-4-2-1-3-5-6)9(14)11(16)12(17)10(8)15/h1-5H/i1D,2D,3D,4D,5D. The van der Waals surface area contributed by atoms with Gasteiger partial charge in [0, 0.05) is 5.56 Å². The molecule has 0 amide bonds. The third-order valence-corrected chi connectivity index (χ3v) is 4.24. The van der Waals surface area contributed by atoms with Crippen LogP contribution in [0, 0.1) is 0 Å². The monoisotopic (exact) mass is 329 g/mol. The predicted octanol–water partition coefficient (Wildman–Crippen LogP) is 6.62. The molecule has 2 aromatic rings. The summed E-state index contributed by atoms with van der Waals surface area (Å²) >= 11 is 30.0. The molecule has 0 saturated heterocycles. The van der Waals surface area contributed by atoms with Crippen molar-refractivity contribution in [2.75, 3.05) is 0 Å². The minimum Gasteiger partial charge on any atom is -0.0819 e. The fourth-order valence-corrected chi connectivity index (χ4v) is 2.53. The summed E-state index contributed by atoms with van der Waals surface area (Å²) in [5.74, 6) is 0. The molecule has 0 aliphatic rings. The molecule has 0 spiro atoms. The van der Waals surface area contributed by atoms with Gasteiger partial charge in [0.2, 0.25) is 0 Å². The Kier molecular flexibility index (Phi) is 2.52. The minimum atomic E-state index is -0.530. The first kappa shape index (κ1) is 8.14. The van der Waals surface area contributed by atoms with Crippen molar-refractivity contribution in [3.63, 3.8) is 0 Å². The van der Waals surface area contributed by atoms with E-state index in [2.05, 4.69) is 0 Å². The SMILES string of the molecule is [2H]c1c([2H])c([2H])c(-c2c(Cl)c(Cl)c(Cl)c(Cl)c2Cl)c([2H])c1[2H]. The van der Waals surface area contributed by atoms with Crippen molar-refractivity contribution in [3.05, 3.63) is 55.3 Å². The van der Waals surface area contributed by atoms with Gasteiger partial charge >= 0.3 is 0 Å². The molecule has 5 heteroatoms. The maximum atomic E-state index is 7.95. The first-order chi connectivity index (χ1) is 10.1. The van der Waals surface area contributed by atoms with Gasteiger partial charge in [-0.2, -0.15) is 0 Å². The van der Waals surface area contributed by atoms with E-state index in [-0.39, 0.29) is 36.2 Å². The van der Waals surface area contributed by atoms with Gasteiger partial charge in [-0.15, -0.1) is 0 Å². The first-order valence-corrected chi connectivity index (χ1v) is 6.08. The zero-order valence-corrected chi connectivity index (χ0v) is 11.7. The first-order valence-electron chi connectivity index (χ1n) is 6.69. The van der Waals surface area contributed by atoms with Crippen LogP contribution in [0.2, 0.25) is 25.1 Å². The highest BCUT2D eigenvalue weighted by molar-refractivity contribution is 6.56. The largest absolute Gasteiger partial charge is 0.0819 e. The van der Waals surface area contributed by atoms with Crippen LogP contribution in [0.4, 0.5) is 0 Å². The highest BCUT2D eigenvalue weighted by Crippen LogP contribution is 2.47. The average molecular weight is 331 g/mol. The van der Waals surface area contributed by atoms with Crippen molar-refractivity contribution in [1.29, 1.82) is 0 Å². The Balaban J connectivity index is 3.03. The molecule has 0 saturated carbocycles. The van der Waals surface area contributed by atoms with Crippen molar-refractivity contribution >= 4 is 58.0 Å². The van der Waals surface area contributed by atoms with Gasteiger partial charge in [0.15, 0.2) is 0 Å². The number of halogens is 5. The molecular formula is C12H5Cl5. The lowest BCUT2D eigenvalue weighted by Crippen LogP contribution is -1.86. The molecule has 0 aliphatic carbocycles. The summed E-state index contributed by atoms with van der Waals surface area (Å²) in [6.45, 7) is 0. The molecule has 17 heavy (non-hydrogen) atoms. The lowest BCUT2D eigenvalue weighted by molar-refractivity contribution is 1.61. The summed E-state index contributed by atoms with van der Waals surface area (Å²) in [5, 5.41) is -0.576. The molecule has 2 aromatic carbocycles. The minimum absolute atomic E-state index is 0.0558. The van der Waals surface area contributed by atoms with Crippen molar-refractivity contribution in [2.24, 2.45) is 0 Å². The predicted molar refractivity (Wildman–Crippen MR) is 76.9 cm³/mol. The summed E-state index contributed by atoms with van der Waals surface area (Å²) < 4.78 is 38.9. The Morgan fingerprint density at radius 2 is 1.06 bits per heavy atom. The summed E-state index contributed by atoms with van der Waals surface area (Å²) in [4.78, 5) is 0. The number of benzene rings is 2. The summed E-state index contributed by atoms with van der Waals surface area (Å²) in [7, 11) is 0. The van der Waals surface area contributed by atoms with Crippen molar-refractivity contribution < 1.29 is 6.85 Å². The van der Waals surface area contributed by atoms with Gasteiger partial charge in [0.05, 0.1) is 32.0 Å². The maximum absolute atomic E-state index is 7.95. The third kappa shape index (κ3) is 2.38. The van der Waals surface area contributed by atoms with Crippen LogP contribution in [-0.2, 0) is 0 Å². The summed E-state index contributed by atoms with van der Waals surface area (Å²) in [5.41, 5.74) is -0.249. The molecule has 0 fully saturated rings. The highest BCUT2D eigenvalue weighted by Gasteiger charge is 2.19. The highest BCUT2D eigenvalue weighted by atomic mass is 35.5. The van der Waals surface area contributed by atoms with E-state index >= 15 is 0 Å². The molecule has 0 bridgehead atoms. The van der Waals surface area contributed by atoms with Gasteiger partial charge in [-0.05, 0) is 5.56 Å². The van der Waals surface area contributed by atoms with E-state index in [9.17, 15) is 0 Å². The topological polar surface area (TPSA) is 0 Å². The van der Waals surface area contributed by atoms with Gasteiger partial charge in [0.25, 0.3) is 0 Å². The van der Waals surface area contributed by atoms with E-state index in [1.165, 1.54) is 0 Å². The van der Waals surface area contributed by atoms with Gasteiger partial charge in [0.1, 0.15) is 0 Å². The molecule has 0 radical (unpaired) electrons. The fraction of sp³-hybridized carbons (Fsp3) is 0. The molecule has 0 N–H and O–H groups in total. The second-order valence-electron chi connectivity index (χ2n) is 2.94. The van der Waals surface area contributed by atoms with Crippen LogP contribution in [-0.4, -0.2) is 0 Å². The van der Waals surface area contributed by atoms with E-state index in [0.29, 0.717) is 0 Å². The van der Waals surface area contributed by atoms with Crippen LogP contribution in [0.3, 0.4) is 0 Å². The number of hydrogen-bond donors (Lipinski definition) is 0. The van der Waals surface area contributed by atoms with Crippen molar-refractivity contribution in [1.82, 2.24) is 0 Å². The van der Waals surface area contributed by atoms with Crippen LogP contribution in [0.15, 0.2) is 30.2 Å². The number of rotatable bonds is 1. The lowest BCUT2D eigenvalue weighted by atomic mass is 10.1. The Hall–Kier alpha value is -0.110. The van der Waals surface area contributed by atoms with Gasteiger partial charge < -0.3 is 0 Å². The Morgan fingerprint density at radius 3 is 1.53 bits per heavy atom. The zero-order valence-electron chi connectivity index (χ0n) is 12.9. The van der Waals surface area contributed by atoms with Gasteiger partial charge in [-0.3, -0.25) is 0 Å². The fourth-order valence-electron chi connectivity index (χ4n) is 1.20. The van der Waals surface area contributed by atoms with Gasteiger partial charge in [-0.1, -0.05) is 88.2 Å². The smallest absolute Gasteiger partial charge is 0.0809 e. The van der Waals surface area contributed by atoms with Crippen molar-refractivity contribution in [2.45, 2.75) is 0 Å². The van der Waals surface area contributed by atoms with Crippen LogP contribution in [0.25, 0.3) is 11.1 Å². The van der Waals surface area contributed by atoms with E-state index in [0.717, 1.165) is 0 Å². The molecule has 0 atom stereocenters. The molecule has 0 aromatic heterocycles. The molecule has 0 unspecified atom stereocenters. The summed E-state index contributed by atoms with van der Waals surface area (Å²) in [6, 6.07) is -2.51. The Morgan fingerprint density at radius 1 is 0.647 bits per heavy atom. The van der Waals surface area contributed by atoms with E-state index in [4.69, 9.17) is 64.9 Å². The van der Waals surface area contributed by atoms with E-state index in [1.807, 2.05) is 0 Å². The second kappa shape index (κ2) is 5.26. The van der Waals surface area contributed by atoms with E-state index in [1.54, 1.807) is 0 Å². The van der Waals surface area contributed by atoms with Crippen LogP contribution >= 0.6 is 58.0 Å². The molecule has 88 valence electrons. The second-order valence-corrected chi connectivity index (χ2v) is 4.83. The molecule has 0 aliphatic heterocycles. The van der Waals surface area contributed by atoms with Crippen LogP contribution in [0.1, 0.15) is 6.85 Å². The Labute approximate surface area is 131 Å². The zero-order chi connectivity index (χ0) is 16.9. The average Bonchev–Trinajstić information content (AvgIpc) is 2.50. The quantitative estimate of drug-likeness (QED) is 0.407. The van der Waals surface area contributed by atoms with Crippen LogP contribution in [0.5, 0.6) is 0 Å². The van der Waals surface area contributed by atoms with Gasteiger partial charge in [-0.25, -0.2) is 0 Å². The third-order valence-electron chi connectivity index (χ3n) is 1.96. The van der Waals surface area contributed by atoms with Crippen molar-refractivity contribution in [3.8, 4) is 11.1 Å². The summed E-state index contributed by atoms with van der Waals surface area (Å²) in [6.07, 6.45) is 0.